The fraction of sp³-hybridized carbons (Fsp3) is 0.217. The molecule has 0 aliphatic heterocycles. The first-order valence-electron chi connectivity index (χ1n) is 9.87. The van der Waals surface area contributed by atoms with Crippen molar-refractivity contribution < 1.29 is 22.7 Å². The third-order valence-corrected chi connectivity index (χ3v) is 4.81. The van der Waals surface area contributed by atoms with Gasteiger partial charge in [0.15, 0.2) is 11.6 Å². The Morgan fingerprint density at radius 1 is 0.879 bits per heavy atom. The van der Waals surface area contributed by atoms with E-state index in [4.69, 9.17) is 4.74 Å². The third-order valence-electron chi connectivity index (χ3n) is 4.22. The highest BCUT2D eigenvalue weighted by Gasteiger charge is 2.11. The second-order valence-electron chi connectivity index (χ2n) is 6.99. The minimum Gasteiger partial charge on any atom is -0.497 e. The zero-order chi connectivity index (χ0) is 24.4. The number of pyridine rings is 2. The van der Waals surface area contributed by atoms with Gasteiger partial charge in [0.05, 0.1) is 24.7 Å². The molecule has 0 unspecified atom stereocenters. The Balaban J connectivity index is 0.000000245. The Morgan fingerprint density at radius 2 is 1.39 bits per heavy atom. The number of ether oxygens (including phenoxy) is 1. The van der Waals surface area contributed by atoms with Crippen LogP contribution >= 0.6 is 0 Å². The Labute approximate surface area is 193 Å². The van der Waals surface area contributed by atoms with Crippen molar-refractivity contribution in [3.8, 4) is 5.75 Å². The number of nitrogens with zero attached hydrogens (tertiary/aromatic N) is 2. The number of rotatable bonds is 8. The van der Waals surface area contributed by atoms with Crippen LogP contribution in [0.15, 0.2) is 60.9 Å². The van der Waals surface area contributed by atoms with Gasteiger partial charge in [-0.1, -0.05) is 12.1 Å². The number of hydrogen-bond donors (Lipinski definition) is 2. The third kappa shape index (κ3) is 8.34. The van der Waals surface area contributed by atoms with Crippen molar-refractivity contribution in [2.45, 2.75) is 20.4 Å². The van der Waals surface area contributed by atoms with E-state index in [2.05, 4.69) is 20.0 Å². The molecular weight excluding hydrogens is 444 g/mol. The topological polar surface area (TPSA) is 127 Å². The van der Waals surface area contributed by atoms with Gasteiger partial charge in [-0.3, -0.25) is 24.3 Å². The Morgan fingerprint density at radius 3 is 1.88 bits per heavy atom. The number of ketones is 2. The van der Waals surface area contributed by atoms with E-state index < -0.39 is 10.0 Å². The molecule has 33 heavy (non-hydrogen) atoms. The van der Waals surface area contributed by atoms with Crippen molar-refractivity contribution in [1.82, 2.24) is 9.97 Å². The molecule has 0 radical (unpaired) electrons. The molecule has 0 atom stereocenters. The molecule has 2 N–H and O–H groups in total. The fourth-order valence-corrected chi connectivity index (χ4v) is 3.30. The minimum absolute atomic E-state index is 0.0437. The van der Waals surface area contributed by atoms with Gasteiger partial charge < -0.3 is 10.1 Å². The average molecular weight is 471 g/mol. The molecule has 0 amide bonds. The van der Waals surface area contributed by atoms with Gasteiger partial charge in [0, 0.05) is 32.8 Å². The Bertz CT molecular complexity index is 1210. The van der Waals surface area contributed by atoms with Crippen molar-refractivity contribution in [2.24, 2.45) is 0 Å². The van der Waals surface area contributed by atoms with Crippen LogP contribution in [0.25, 0.3) is 0 Å². The highest BCUT2D eigenvalue weighted by Crippen LogP contribution is 2.16. The predicted molar refractivity (Wildman–Crippen MR) is 127 cm³/mol. The summed E-state index contributed by atoms with van der Waals surface area (Å²) in [5.41, 5.74) is 2.67. The lowest BCUT2D eigenvalue weighted by atomic mass is 10.2. The van der Waals surface area contributed by atoms with Gasteiger partial charge in [0.2, 0.25) is 10.0 Å². The van der Waals surface area contributed by atoms with E-state index in [1.165, 1.54) is 26.1 Å². The second-order valence-corrected chi connectivity index (χ2v) is 8.74. The molecule has 0 saturated heterocycles. The SMILES string of the molecule is CC(=O)c1ncccc1NS(C)(=O)=O.COc1ccc(CNc2cccnc2C(C)=O)cc1. The summed E-state index contributed by atoms with van der Waals surface area (Å²) >= 11 is 0. The van der Waals surface area contributed by atoms with Crippen LogP contribution in [0.1, 0.15) is 40.4 Å². The smallest absolute Gasteiger partial charge is 0.229 e. The van der Waals surface area contributed by atoms with Crippen molar-refractivity contribution in [3.63, 3.8) is 0 Å². The summed E-state index contributed by atoms with van der Waals surface area (Å²) in [6.07, 6.45) is 4.07. The summed E-state index contributed by atoms with van der Waals surface area (Å²) in [5.74, 6) is 0.504. The van der Waals surface area contributed by atoms with Gasteiger partial charge in [-0.2, -0.15) is 0 Å². The van der Waals surface area contributed by atoms with Crippen LogP contribution in [0.5, 0.6) is 5.75 Å². The zero-order valence-corrected chi connectivity index (χ0v) is 19.6. The van der Waals surface area contributed by atoms with Gasteiger partial charge in [-0.05, 0) is 42.0 Å². The maximum absolute atomic E-state index is 11.4. The van der Waals surface area contributed by atoms with Crippen LogP contribution in [0.3, 0.4) is 0 Å². The fourth-order valence-electron chi connectivity index (χ4n) is 2.74. The summed E-state index contributed by atoms with van der Waals surface area (Å²) in [4.78, 5) is 30.4. The lowest BCUT2D eigenvalue weighted by Crippen LogP contribution is -2.13. The summed E-state index contributed by atoms with van der Waals surface area (Å²) in [6, 6.07) is 14.5. The van der Waals surface area contributed by atoms with E-state index in [0.29, 0.717) is 12.2 Å². The molecule has 10 heteroatoms. The highest BCUT2D eigenvalue weighted by molar-refractivity contribution is 7.92. The van der Waals surface area contributed by atoms with E-state index >= 15 is 0 Å². The molecule has 9 nitrogen and oxygen atoms in total. The second kappa shape index (κ2) is 11.7. The first kappa shape index (κ1) is 25.5. The van der Waals surface area contributed by atoms with E-state index in [1.54, 1.807) is 19.4 Å². The summed E-state index contributed by atoms with van der Waals surface area (Å²) in [7, 11) is -1.73. The molecule has 0 saturated carbocycles. The number of Topliss-reactive ketones (excluding diaryl/α,β-unsaturated/α-hetero) is 2. The first-order valence-corrected chi connectivity index (χ1v) is 11.8. The molecule has 0 bridgehead atoms. The van der Waals surface area contributed by atoms with Crippen LogP contribution in [-0.2, 0) is 16.6 Å². The van der Waals surface area contributed by atoms with E-state index in [9.17, 15) is 18.0 Å². The molecule has 0 fully saturated rings. The van der Waals surface area contributed by atoms with Gasteiger partial charge in [0.25, 0.3) is 0 Å². The molecule has 0 spiro atoms. The average Bonchev–Trinajstić information content (AvgIpc) is 2.77. The van der Waals surface area contributed by atoms with Gasteiger partial charge >= 0.3 is 0 Å². The number of nitrogens with one attached hydrogen (secondary N) is 2. The quantitative estimate of drug-likeness (QED) is 0.479. The number of carbonyl (C=O) groups is 2. The highest BCUT2D eigenvalue weighted by atomic mass is 32.2. The van der Waals surface area contributed by atoms with Crippen molar-refractivity contribution in [2.75, 3.05) is 23.4 Å². The zero-order valence-electron chi connectivity index (χ0n) is 18.8. The molecule has 2 heterocycles. The van der Waals surface area contributed by atoms with Crippen LogP contribution in [0.2, 0.25) is 0 Å². The molecule has 0 aliphatic rings. The van der Waals surface area contributed by atoms with E-state index in [1.807, 2.05) is 36.4 Å². The minimum atomic E-state index is -3.38. The first-order chi connectivity index (χ1) is 15.6. The molecule has 174 valence electrons. The van der Waals surface area contributed by atoms with Crippen LogP contribution in [0.4, 0.5) is 11.4 Å². The van der Waals surface area contributed by atoms with Crippen LogP contribution in [0, 0.1) is 0 Å². The maximum atomic E-state index is 11.4. The largest absolute Gasteiger partial charge is 0.497 e. The van der Waals surface area contributed by atoms with Crippen LogP contribution in [-0.4, -0.2) is 43.3 Å². The number of methoxy groups -OCH3 is 1. The summed E-state index contributed by atoms with van der Waals surface area (Å²) in [5, 5.41) is 3.22. The lowest BCUT2D eigenvalue weighted by molar-refractivity contribution is 0.100. The van der Waals surface area contributed by atoms with Crippen LogP contribution < -0.4 is 14.8 Å². The van der Waals surface area contributed by atoms with Crippen molar-refractivity contribution in [3.05, 3.63) is 77.9 Å². The normalized spacial score (nSPS) is 10.4. The molecule has 3 aromatic rings. The standard InChI is InChI=1S/C15H16N2O2.C8H10N2O3S/c1-11(18)15-14(4-3-9-16-15)17-10-12-5-7-13(19-2)8-6-12;1-6(11)8-7(4-3-5-9-8)10-14(2,12)13/h3-9,17H,10H2,1-2H3;3-5,10H,1-2H3. The van der Waals surface area contributed by atoms with Crippen molar-refractivity contribution in [1.29, 1.82) is 0 Å². The lowest BCUT2D eigenvalue weighted by Gasteiger charge is -2.09. The van der Waals surface area contributed by atoms with Gasteiger partial charge in [0.1, 0.15) is 17.1 Å². The van der Waals surface area contributed by atoms with E-state index in [-0.39, 0.29) is 22.9 Å². The monoisotopic (exact) mass is 470 g/mol. The Kier molecular flexibility index (Phi) is 9.05. The number of aromatic nitrogens is 2. The Hall–Kier alpha value is -3.79. The molecular formula is C23H26N4O5S. The van der Waals surface area contributed by atoms with E-state index in [0.717, 1.165) is 23.3 Å². The van der Waals surface area contributed by atoms with Gasteiger partial charge in [-0.15, -0.1) is 0 Å². The molecule has 3 rings (SSSR count). The predicted octanol–water partition coefficient (Wildman–Crippen LogP) is 3.56. The molecule has 1 aromatic carbocycles. The molecule has 0 aliphatic carbocycles. The number of anilines is 2. The van der Waals surface area contributed by atoms with Gasteiger partial charge in [-0.25, -0.2) is 8.42 Å². The number of benzene rings is 1. The maximum Gasteiger partial charge on any atom is 0.229 e. The number of carbonyl (C=O) groups excluding carboxylic acids is 2. The number of hydrogen-bond acceptors (Lipinski definition) is 8. The summed E-state index contributed by atoms with van der Waals surface area (Å²) in [6.45, 7) is 3.48. The van der Waals surface area contributed by atoms with Crippen molar-refractivity contribution >= 4 is 33.0 Å². The number of sulfonamides is 1. The molecule has 2 aromatic heterocycles. The summed E-state index contributed by atoms with van der Waals surface area (Å²) < 4.78 is 29.2.